The summed E-state index contributed by atoms with van der Waals surface area (Å²) in [5, 5.41) is 0. The molecule has 2 rings (SSSR count). The summed E-state index contributed by atoms with van der Waals surface area (Å²) in [5.74, 6) is 1.40. The molecule has 0 bridgehead atoms. The number of carbonyl (C=O) groups is 1. The number of alkyl halides is 1. The fourth-order valence-corrected chi connectivity index (χ4v) is 2.84. The van der Waals surface area contributed by atoms with E-state index in [9.17, 15) is 4.79 Å². The molecule has 1 aromatic rings. The number of hydrogen-bond donors (Lipinski definition) is 0. The number of ether oxygens (including phenoxy) is 1. The fraction of sp³-hybridized carbons (Fsp3) is 0.538. The molecule has 0 aromatic carbocycles. The Morgan fingerprint density at radius 1 is 1.67 bits per heavy atom. The van der Waals surface area contributed by atoms with Gasteiger partial charge < -0.3 is 9.64 Å². The van der Waals surface area contributed by atoms with Gasteiger partial charge in [-0.2, -0.15) is 0 Å². The predicted octanol–water partition coefficient (Wildman–Crippen LogP) is 2.18. The van der Waals surface area contributed by atoms with Crippen molar-refractivity contribution in [2.45, 2.75) is 19.4 Å². The highest BCUT2D eigenvalue weighted by molar-refractivity contribution is 6.18. The van der Waals surface area contributed by atoms with Gasteiger partial charge in [0.1, 0.15) is 5.75 Å². The maximum atomic E-state index is 12.5. The van der Waals surface area contributed by atoms with Crippen LogP contribution in [-0.4, -0.2) is 41.4 Å². The Kier molecular flexibility index (Phi) is 4.07. The number of likely N-dealkylation sites (tertiary alicyclic amines) is 1. The molecule has 0 spiro atoms. The lowest BCUT2D eigenvalue weighted by molar-refractivity contribution is 0.0733. The molecular weight excluding hydrogens is 252 g/mol. The highest BCUT2D eigenvalue weighted by atomic mass is 35.5. The van der Waals surface area contributed by atoms with Gasteiger partial charge in [-0.25, -0.2) is 0 Å². The number of rotatable bonds is 3. The third kappa shape index (κ3) is 2.29. The summed E-state index contributed by atoms with van der Waals surface area (Å²) in [6.45, 7) is 2.88. The standard InChI is InChI=1S/C13H17ClN2O2/c1-9-4-6-16(11(9)7-14)13(17)10-3-5-15-8-12(10)18-2/h3,5,8-9,11H,4,6-7H2,1-2H3. The molecule has 1 aliphatic rings. The third-order valence-corrected chi connectivity index (χ3v) is 3.85. The molecule has 1 fully saturated rings. The van der Waals surface area contributed by atoms with E-state index >= 15 is 0 Å². The van der Waals surface area contributed by atoms with Gasteiger partial charge in [0.25, 0.3) is 5.91 Å². The van der Waals surface area contributed by atoms with Crippen molar-refractivity contribution >= 4 is 17.5 Å². The number of pyridine rings is 1. The largest absolute Gasteiger partial charge is 0.494 e. The van der Waals surface area contributed by atoms with Crippen LogP contribution in [0.2, 0.25) is 0 Å². The van der Waals surface area contributed by atoms with E-state index < -0.39 is 0 Å². The molecule has 2 atom stereocenters. The van der Waals surface area contributed by atoms with Gasteiger partial charge >= 0.3 is 0 Å². The number of methoxy groups -OCH3 is 1. The Morgan fingerprint density at radius 3 is 3.11 bits per heavy atom. The van der Waals surface area contributed by atoms with E-state index in [0.29, 0.717) is 23.1 Å². The predicted molar refractivity (Wildman–Crippen MR) is 70.1 cm³/mol. The fourth-order valence-electron chi connectivity index (χ4n) is 2.37. The molecule has 18 heavy (non-hydrogen) atoms. The summed E-state index contributed by atoms with van der Waals surface area (Å²) >= 11 is 5.97. The van der Waals surface area contributed by atoms with Gasteiger partial charge in [0.2, 0.25) is 0 Å². The van der Waals surface area contributed by atoms with E-state index in [1.807, 2.05) is 4.90 Å². The number of carbonyl (C=O) groups excluding carboxylic acids is 1. The Labute approximate surface area is 112 Å². The van der Waals surface area contributed by atoms with Crippen LogP contribution in [0, 0.1) is 5.92 Å². The molecule has 1 saturated heterocycles. The highest BCUT2D eigenvalue weighted by Gasteiger charge is 2.35. The van der Waals surface area contributed by atoms with Crippen molar-refractivity contribution in [3.63, 3.8) is 0 Å². The van der Waals surface area contributed by atoms with Crippen LogP contribution in [0.15, 0.2) is 18.5 Å². The molecule has 1 aromatic heterocycles. The van der Waals surface area contributed by atoms with Crippen LogP contribution in [-0.2, 0) is 0 Å². The van der Waals surface area contributed by atoms with Crippen LogP contribution >= 0.6 is 11.6 Å². The summed E-state index contributed by atoms with van der Waals surface area (Å²) in [6, 6.07) is 1.80. The molecule has 4 nitrogen and oxygen atoms in total. The lowest BCUT2D eigenvalue weighted by Crippen LogP contribution is -2.38. The van der Waals surface area contributed by atoms with Crippen LogP contribution in [0.3, 0.4) is 0 Å². The average Bonchev–Trinajstić information content (AvgIpc) is 2.78. The Hall–Kier alpha value is -1.29. The smallest absolute Gasteiger partial charge is 0.258 e. The molecule has 1 amide bonds. The molecule has 2 unspecified atom stereocenters. The Bertz CT molecular complexity index is 439. The second-order valence-electron chi connectivity index (χ2n) is 4.56. The minimum atomic E-state index is -0.0238. The van der Waals surface area contributed by atoms with E-state index in [4.69, 9.17) is 16.3 Å². The van der Waals surface area contributed by atoms with Gasteiger partial charge in [0, 0.05) is 24.7 Å². The first-order valence-electron chi connectivity index (χ1n) is 6.04. The average molecular weight is 269 g/mol. The highest BCUT2D eigenvalue weighted by Crippen LogP contribution is 2.28. The summed E-state index contributed by atoms with van der Waals surface area (Å²) < 4.78 is 5.18. The molecule has 0 saturated carbocycles. The number of amides is 1. The van der Waals surface area contributed by atoms with Crippen molar-refractivity contribution in [2.24, 2.45) is 5.92 Å². The van der Waals surface area contributed by atoms with Crippen molar-refractivity contribution in [2.75, 3.05) is 19.5 Å². The number of hydrogen-bond acceptors (Lipinski definition) is 3. The van der Waals surface area contributed by atoms with Crippen LogP contribution in [0.1, 0.15) is 23.7 Å². The summed E-state index contributed by atoms with van der Waals surface area (Å²) in [5.41, 5.74) is 0.553. The normalized spacial score (nSPS) is 23.2. The van der Waals surface area contributed by atoms with E-state index in [1.165, 1.54) is 0 Å². The van der Waals surface area contributed by atoms with Crippen LogP contribution in [0.4, 0.5) is 0 Å². The van der Waals surface area contributed by atoms with Crippen molar-refractivity contribution in [1.82, 2.24) is 9.88 Å². The molecule has 98 valence electrons. The van der Waals surface area contributed by atoms with Crippen molar-refractivity contribution in [3.05, 3.63) is 24.0 Å². The molecule has 2 heterocycles. The number of halogens is 1. The SMILES string of the molecule is COc1cnccc1C(=O)N1CCC(C)C1CCl. The van der Waals surface area contributed by atoms with Crippen LogP contribution < -0.4 is 4.74 Å². The van der Waals surface area contributed by atoms with Crippen molar-refractivity contribution in [1.29, 1.82) is 0 Å². The zero-order valence-corrected chi connectivity index (χ0v) is 11.4. The molecule has 0 radical (unpaired) electrons. The summed E-state index contributed by atoms with van der Waals surface area (Å²) in [4.78, 5) is 18.3. The first-order chi connectivity index (χ1) is 8.69. The third-order valence-electron chi connectivity index (χ3n) is 3.54. The Morgan fingerprint density at radius 2 is 2.44 bits per heavy atom. The molecular formula is C13H17ClN2O2. The van der Waals surface area contributed by atoms with E-state index in [-0.39, 0.29) is 11.9 Å². The second-order valence-corrected chi connectivity index (χ2v) is 4.87. The summed E-state index contributed by atoms with van der Waals surface area (Å²) in [7, 11) is 1.54. The van der Waals surface area contributed by atoms with Crippen molar-refractivity contribution in [3.8, 4) is 5.75 Å². The lowest BCUT2D eigenvalue weighted by atomic mass is 10.0. The van der Waals surface area contributed by atoms with Gasteiger partial charge in [-0.05, 0) is 18.4 Å². The minimum Gasteiger partial charge on any atom is -0.494 e. The Balaban J connectivity index is 2.26. The zero-order valence-electron chi connectivity index (χ0n) is 10.6. The maximum absolute atomic E-state index is 12.5. The lowest BCUT2D eigenvalue weighted by Gasteiger charge is -2.25. The zero-order chi connectivity index (χ0) is 13.1. The first-order valence-corrected chi connectivity index (χ1v) is 6.57. The monoisotopic (exact) mass is 268 g/mol. The molecule has 0 aliphatic carbocycles. The second kappa shape index (κ2) is 5.57. The number of nitrogens with zero attached hydrogens (tertiary/aromatic N) is 2. The van der Waals surface area contributed by atoms with Gasteiger partial charge in [-0.15, -0.1) is 11.6 Å². The van der Waals surface area contributed by atoms with Gasteiger partial charge in [-0.3, -0.25) is 9.78 Å². The quantitative estimate of drug-likeness (QED) is 0.789. The van der Waals surface area contributed by atoms with E-state index in [2.05, 4.69) is 11.9 Å². The van der Waals surface area contributed by atoms with Crippen LogP contribution in [0.25, 0.3) is 0 Å². The first kappa shape index (κ1) is 13.1. The van der Waals surface area contributed by atoms with Gasteiger partial charge in [0.15, 0.2) is 0 Å². The van der Waals surface area contributed by atoms with E-state index in [0.717, 1.165) is 13.0 Å². The van der Waals surface area contributed by atoms with Gasteiger partial charge in [-0.1, -0.05) is 6.92 Å². The topological polar surface area (TPSA) is 42.4 Å². The maximum Gasteiger partial charge on any atom is 0.258 e. The molecule has 5 heteroatoms. The van der Waals surface area contributed by atoms with E-state index in [1.54, 1.807) is 25.6 Å². The van der Waals surface area contributed by atoms with Crippen LogP contribution in [0.5, 0.6) is 5.75 Å². The van der Waals surface area contributed by atoms with Gasteiger partial charge in [0.05, 0.1) is 18.9 Å². The molecule has 0 N–H and O–H groups in total. The number of aromatic nitrogens is 1. The summed E-state index contributed by atoms with van der Waals surface area (Å²) in [6.07, 6.45) is 4.16. The molecule has 1 aliphatic heterocycles. The minimum absolute atomic E-state index is 0.0238. The van der Waals surface area contributed by atoms with Crippen molar-refractivity contribution < 1.29 is 9.53 Å².